The van der Waals surface area contributed by atoms with Crippen LogP contribution in [0.15, 0.2) is 108 Å². The summed E-state index contributed by atoms with van der Waals surface area (Å²) in [5, 5.41) is 8.04. The Bertz CT molecular complexity index is 2230. The average Bonchev–Trinajstić information content (AvgIpc) is 3.67. The third-order valence-electron chi connectivity index (χ3n) is 15.4. The number of aryl methyl sites for hydroxylation is 1. The minimum Gasteiger partial charge on any atom is -0.469 e. The second-order valence-corrected chi connectivity index (χ2v) is 25.4. The number of nitrogens with one attached hydrogen (secondary N) is 2. The van der Waals surface area contributed by atoms with Crippen LogP contribution in [0.4, 0.5) is 11.4 Å². The molecule has 0 spiro atoms. The van der Waals surface area contributed by atoms with E-state index < -0.39 is 0 Å². The van der Waals surface area contributed by atoms with Gasteiger partial charge in [-0.05, 0) is 174 Å². The van der Waals surface area contributed by atoms with Crippen LogP contribution >= 0.6 is 0 Å². The van der Waals surface area contributed by atoms with Crippen molar-refractivity contribution in [3.05, 3.63) is 126 Å². The summed E-state index contributed by atoms with van der Waals surface area (Å²) in [6.07, 6.45) is 25.0. The van der Waals surface area contributed by atoms with E-state index in [9.17, 15) is 0 Å². The Hall–Kier alpha value is -3.92. The molecule has 5 rings (SSSR count). The second-order valence-electron chi connectivity index (χ2n) is 25.4. The molecule has 1 atom stereocenters. The van der Waals surface area contributed by atoms with Gasteiger partial charge >= 0.3 is 0 Å². The molecule has 1 heterocycles. The van der Waals surface area contributed by atoms with E-state index in [2.05, 4.69) is 215 Å². The summed E-state index contributed by atoms with van der Waals surface area (Å²) in [5.41, 5.74) is 13.9. The number of benzene rings is 2. The van der Waals surface area contributed by atoms with Gasteiger partial charge in [0.25, 0.3) is 6.71 Å². The molecule has 2 aromatic carbocycles. The normalized spacial score (nSPS) is 18.6. The largest absolute Gasteiger partial charge is 0.469 e. The van der Waals surface area contributed by atoms with Crippen molar-refractivity contribution in [2.75, 3.05) is 10.6 Å². The molecule has 0 saturated carbocycles. The van der Waals surface area contributed by atoms with Crippen LogP contribution in [0.2, 0.25) is 0 Å². The van der Waals surface area contributed by atoms with Crippen LogP contribution in [0.3, 0.4) is 0 Å². The van der Waals surface area contributed by atoms with Gasteiger partial charge in [-0.1, -0.05) is 165 Å². The molecule has 0 saturated heterocycles. The van der Waals surface area contributed by atoms with Crippen LogP contribution in [0, 0.1) is 34.5 Å². The summed E-state index contributed by atoms with van der Waals surface area (Å²) in [6.45, 7) is 48.6. The maximum Gasteiger partial charge on any atom is 0.251 e. The van der Waals surface area contributed by atoms with Gasteiger partial charge in [-0.15, -0.1) is 6.58 Å². The number of furan rings is 1. The average molecular weight is 879 g/mol. The quantitative estimate of drug-likeness (QED) is 0.0675. The summed E-state index contributed by atoms with van der Waals surface area (Å²) in [6, 6.07) is 14.3. The fourth-order valence-corrected chi connectivity index (χ4v) is 10.3. The lowest BCUT2D eigenvalue weighted by molar-refractivity contribution is 0.242. The molecule has 2 aliphatic carbocycles. The Balaban J connectivity index is 1.74. The van der Waals surface area contributed by atoms with E-state index in [0.717, 1.165) is 66.9 Å². The number of hydrogen-bond acceptors (Lipinski definition) is 3. The maximum atomic E-state index is 6.85. The molecular weight excluding hydrogens is 787 g/mol. The zero-order valence-corrected chi connectivity index (χ0v) is 44.6. The van der Waals surface area contributed by atoms with Gasteiger partial charge in [-0.2, -0.15) is 0 Å². The van der Waals surface area contributed by atoms with Crippen molar-refractivity contribution in [3.63, 3.8) is 0 Å². The minimum absolute atomic E-state index is 0.0526. The van der Waals surface area contributed by atoms with Crippen molar-refractivity contribution < 1.29 is 4.42 Å². The first-order valence-corrected chi connectivity index (χ1v) is 25.3. The molecule has 4 heteroatoms. The summed E-state index contributed by atoms with van der Waals surface area (Å²) in [5.74, 6) is 2.33. The van der Waals surface area contributed by atoms with E-state index in [4.69, 9.17) is 4.42 Å². The molecule has 1 aromatic heterocycles. The SMILES string of the molecule is C=CCC(C)(C)CCC(C)(C)C/C=C/Nc1cc(C)cc(N/C(=C/C2=CC(C)(C)CCC2(C)C)C(=C)C)c1B(c1ccc(C(C)CCC(C)C)cc1)c1coc2c1C(C)(C)CCC2(C)C. The molecule has 65 heavy (non-hydrogen) atoms. The molecule has 3 aromatic rings. The number of fused-ring (bicyclic) bond motifs is 1. The Morgan fingerprint density at radius 2 is 1.42 bits per heavy atom. The number of hydrogen-bond donors (Lipinski definition) is 2. The summed E-state index contributed by atoms with van der Waals surface area (Å²) in [7, 11) is 0. The van der Waals surface area contributed by atoms with Crippen molar-refractivity contribution in [2.45, 2.75) is 199 Å². The van der Waals surface area contributed by atoms with E-state index >= 15 is 0 Å². The van der Waals surface area contributed by atoms with Crippen LogP contribution in [0.25, 0.3) is 0 Å². The molecule has 0 amide bonds. The number of anilines is 2. The zero-order valence-electron chi connectivity index (χ0n) is 44.6. The number of allylic oxidation sites excluding steroid dienone is 6. The van der Waals surface area contributed by atoms with Gasteiger partial charge in [0.1, 0.15) is 5.76 Å². The first kappa shape index (κ1) is 52.1. The highest BCUT2D eigenvalue weighted by molar-refractivity contribution is 6.97. The van der Waals surface area contributed by atoms with Gasteiger partial charge < -0.3 is 15.1 Å². The molecule has 2 aliphatic rings. The molecule has 0 fully saturated rings. The molecule has 2 N–H and O–H groups in total. The van der Waals surface area contributed by atoms with Gasteiger partial charge in [-0.25, -0.2) is 0 Å². The molecule has 0 radical (unpaired) electrons. The Morgan fingerprint density at radius 1 is 0.815 bits per heavy atom. The zero-order chi connectivity index (χ0) is 48.3. The lowest BCUT2D eigenvalue weighted by atomic mass is 9.34. The third-order valence-corrected chi connectivity index (χ3v) is 15.4. The van der Waals surface area contributed by atoms with Crippen molar-refractivity contribution in [2.24, 2.45) is 27.6 Å². The monoisotopic (exact) mass is 879 g/mol. The van der Waals surface area contributed by atoms with Crippen LogP contribution in [-0.4, -0.2) is 6.71 Å². The van der Waals surface area contributed by atoms with E-state index in [1.807, 2.05) is 0 Å². The van der Waals surface area contributed by atoms with E-state index in [1.54, 1.807) is 0 Å². The first-order chi connectivity index (χ1) is 30.1. The Labute approximate surface area is 399 Å². The Kier molecular flexibility index (Phi) is 16.1. The molecule has 3 nitrogen and oxygen atoms in total. The van der Waals surface area contributed by atoms with Gasteiger partial charge in [-0.3, -0.25) is 0 Å². The van der Waals surface area contributed by atoms with Crippen molar-refractivity contribution in [1.82, 2.24) is 0 Å². The van der Waals surface area contributed by atoms with E-state index in [-0.39, 0.29) is 39.2 Å². The highest BCUT2D eigenvalue weighted by Crippen LogP contribution is 2.47. The molecule has 354 valence electrons. The first-order valence-electron chi connectivity index (χ1n) is 25.3. The van der Waals surface area contributed by atoms with Crippen molar-refractivity contribution in [3.8, 4) is 0 Å². The maximum absolute atomic E-state index is 6.85. The molecular formula is C61H91BN2O. The number of rotatable bonds is 20. The van der Waals surface area contributed by atoms with Crippen molar-refractivity contribution >= 4 is 34.5 Å². The topological polar surface area (TPSA) is 37.2 Å². The van der Waals surface area contributed by atoms with E-state index in [0.29, 0.717) is 11.8 Å². The predicted molar refractivity (Wildman–Crippen MR) is 289 cm³/mol. The Morgan fingerprint density at radius 3 is 2.03 bits per heavy atom. The third kappa shape index (κ3) is 13.2. The minimum atomic E-state index is -0.117. The van der Waals surface area contributed by atoms with Gasteiger partial charge in [0.15, 0.2) is 0 Å². The van der Waals surface area contributed by atoms with E-state index in [1.165, 1.54) is 64.3 Å². The summed E-state index contributed by atoms with van der Waals surface area (Å²) >= 11 is 0. The van der Waals surface area contributed by atoms with Crippen molar-refractivity contribution in [1.29, 1.82) is 0 Å². The van der Waals surface area contributed by atoms with Crippen LogP contribution in [0.5, 0.6) is 0 Å². The molecule has 0 aliphatic heterocycles. The molecule has 0 bridgehead atoms. The summed E-state index contributed by atoms with van der Waals surface area (Å²) < 4.78 is 6.85. The lowest BCUT2D eigenvalue weighted by Gasteiger charge is -2.39. The van der Waals surface area contributed by atoms with Gasteiger partial charge in [0.2, 0.25) is 0 Å². The fourth-order valence-electron chi connectivity index (χ4n) is 10.3. The smallest absolute Gasteiger partial charge is 0.251 e. The second kappa shape index (κ2) is 20.1. The lowest BCUT2D eigenvalue weighted by Crippen LogP contribution is -2.56. The standard InChI is InChI=1S/C61H91BN2O/c1-20-28-56(8,9)30-31-57(10,11)29-21-36-63-51-37-44(6)38-52(64-50(43(4)5)39-47-40-58(12,13)32-33-59(47,14)15)54(51)62(48-26-24-46(25-27-48)45(7)23-22-42(2)3)49-41-65-55-53(49)60(16,17)34-35-61(55,18)19/h20-21,24-27,36-42,45,63-64H,1,4,22-23,28-35H2,2-3,5-19H3/b36-21+,50-39+. The highest BCUT2D eigenvalue weighted by Gasteiger charge is 2.45. The fraction of sp³-hybridized carbons (Fsp3) is 0.574. The highest BCUT2D eigenvalue weighted by atomic mass is 16.3. The van der Waals surface area contributed by atoms with Crippen LogP contribution in [-0.2, 0) is 10.8 Å². The predicted octanol–water partition coefficient (Wildman–Crippen LogP) is 16.4. The van der Waals surface area contributed by atoms with Gasteiger partial charge in [0.05, 0.1) is 6.26 Å². The van der Waals surface area contributed by atoms with Crippen LogP contribution < -0.4 is 27.0 Å². The summed E-state index contributed by atoms with van der Waals surface area (Å²) in [4.78, 5) is 0. The molecule has 1 unspecified atom stereocenters. The van der Waals surface area contributed by atoms with Crippen LogP contribution in [0.1, 0.15) is 203 Å². The van der Waals surface area contributed by atoms with Gasteiger partial charge in [0, 0.05) is 22.5 Å².